The van der Waals surface area contributed by atoms with Gasteiger partial charge in [-0.05, 0) is 61.3 Å². The van der Waals surface area contributed by atoms with E-state index in [2.05, 4.69) is 10.3 Å². The molecule has 29 heavy (non-hydrogen) atoms. The van der Waals surface area contributed by atoms with Crippen molar-refractivity contribution in [3.05, 3.63) is 82.5 Å². The second-order valence-electron chi connectivity index (χ2n) is 7.14. The van der Waals surface area contributed by atoms with E-state index in [0.717, 1.165) is 30.6 Å². The maximum atomic E-state index is 13.4. The Morgan fingerprint density at radius 2 is 1.79 bits per heavy atom. The van der Waals surface area contributed by atoms with Crippen LogP contribution in [0.3, 0.4) is 0 Å². The Labute approximate surface area is 180 Å². The third-order valence-electron chi connectivity index (χ3n) is 5.16. The highest BCUT2D eigenvalue weighted by molar-refractivity contribution is 6.34. The normalized spacial score (nSPS) is 16.0. The lowest BCUT2D eigenvalue weighted by Gasteiger charge is -2.25. The van der Waals surface area contributed by atoms with E-state index in [0.29, 0.717) is 33.9 Å². The molecule has 2 aromatic carbocycles. The molecule has 1 N–H and O–H groups in total. The van der Waals surface area contributed by atoms with Crippen LogP contribution >= 0.6 is 23.2 Å². The summed E-state index contributed by atoms with van der Waals surface area (Å²) in [7, 11) is 0. The molecular weight excluding hydrogens is 405 g/mol. The Morgan fingerprint density at radius 1 is 1.03 bits per heavy atom. The van der Waals surface area contributed by atoms with Crippen LogP contribution in [0.25, 0.3) is 11.1 Å². The lowest BCUT2D eigenvalue weighted by Crippen LogP contribution is -2.37. The van der Waals surface area contributed by atoms with Crippen LogP contribution in [0, 0.1) is 5.92 Å². The van der Waals surface area contributed by atoms with Gasteiger partial charge in [0.25, 0.3) is 5.91 Å². The van der Waals surface area contributed by atoms with Gasteiger partial charge in [-0.3, -0.25) is 9.69 Å². The lowest BCUT2D eigenvalue weighted by molar-refractivity contribution is 0.0982. The Kier molecular flexibility index (Phi) is 6.14. The topological polar surface area (TPSA) is 45.2 Å². The molecule has 1 saturated heterocycles. The molecule has 0 aliphatic carbocycles. The SMILES string of the molecule is O=C(c1ccc(-c2ccccc2Cl)cc1)N(C[C@@H]1CCNC1)c1ncccc1Cl. The number of hydrogen-bond acceptors (Lipinski definition) is 3. The highest BCUT2D eigenvalue weighted by Gasteiger charge is 2.26. The molecular formula is C23H21Cl2N3O. The van der Waals surface area contributed by atoms with Crippen LogP contribution in [0.15, 0.2) is 66.9 Å². The number of aromatic nitrogens is 1. The molecule has 1 aliphatic heterocycles. The fraction of sp³-hybridized carbons (Fsp3) is 0.217. The number of carbonyl (C=O) groups excluding carboxylic acids is 1. The van der Waals surface area contributed by atoms with E-state index in [1.165, 1.54) is 0 Å². The number of nitrogens with one attached hydrogen (secondary N) is 1. The van der Waals surface area contributed by atoms with E-state index in [4.69, 9.17) is 23.2 Å². The Balaban J connectivity index is 1.63. The van der Waals surface area contributed by atoms with Crippen LogP contribution in [0.2, 0.25) is 10.0 Å². The monoisotopic (exact) mass is 425 g/mol. The van der Waals surface area contributed by atoms with E-state index < -0.39 is 0 Å². The average molecular weight is 426 g/mol. The van der Waals surface area contributed by atoms with Gasteiger partial charge in [0.1, 0.15) is 0 Å². The van der Waals surface area contributed by atoms with E-state index in [1.54, 1.807) is 23.2 Å². The van der Waals surface area contributed by atoms with Gasteiger partial charge in [-0.1, -0.05) is 53.5 Å². The van der Waals surface area contributed by atoms with Gasteiger partial charge in [0, 0.05) is 28.9 Å². The second kappa shape index (κ2) is 8.95. The van der Waals surface area contributed by atoms with Crippen LogP contribution < -0.4 is 10.2 Å². The maximum Gasteiger partial charge on any atom is 0.259 e. The Hall–Kier alpha value is -2.40. The van der Waals surface area contributed by atoms with Crippen molar-refractivity contribution in [1.29, 1.82) is 0 Å². The molecule has 1 aliphatic rings. The van der Waals surface area contributed by atoms with Crippen molar-refractivity contribution >= 4 is 34.9 Å². The zero-order valence-corrected chi connectivity index (χ0v) is 17.3. The highest BCUT2D eigenvalue weighted by Crippen LogP contribution is 2.29. The van der Waals surface area contributed by atoms with Crippen LogP contribution in [-0.2, 0) is 0 Å². The first-order valence-corrected chi connectivity index (χ1v) is 10.4. The number of anilines is 1. The third kappa shape index (κ3) is 4.45. The van der Waals surface area contributed by atoms with E-state index in [-0.39, 0.29) is 5.91 Å². The van der Waals surface area contributed by atoms with Gasteiger partial charge < -0.3 is 5.32 Å². The molecule has 0 spiro atoms. The van der Waals surface area contributed by atoms with Gasteiger partial charge in [-0.25, -0.2) is 4.98 Å². The standard InChI is InChI=1S/C23H21Cl2N3O/c24-20-5-2-1-4-19(20)17-7-9-18(10-8-17)23(29)28(15-16-11-13-26-14-16)22-21(25)6-3-12-27-22/h1-10,12,16,26H,11,13-15H2/t16-/m1/s1. The summed E-state index contributed by atoms with van der Waals surface area (Å²) in [4.78, 5) is 19.5. The van der Waals surface area contributed by atoms with Gasteiger partial charge in [0.05, 0.1) is 5.02 Å². The number of amides is 1. The molecule has 2 heterocycles. The lowest BCUT2D eigenvalue weighted by atomic mass is 10.0. The minimum atomic E-state index is -0.108. The summed E-state index contributed by atoms with van der Waals surface area (Å²) >= 11 is 12.7. The first-order chi connectivity index (χ1) is 14.1. The molecule has 1 amide bonds. The average Bonchev–Trinajstić information content (AvgIpc) is 3.26. The quantitative estimate of drug-likeness (QED) is 0.601. The molecule has 4 nitrogen and oxygen atoms in total. The number of benzene rings is 2. The van der Waals surface area contributed by atoms with E-state index in [1.807, 2.05) is 48.5 Å². The predicted molar refractivity (Wildman–Crippen MR) is 119 cm³/mol. The van der Waals surface area contributed by atoms with Crippen molar-refractivity contribution in [3.8, 4) is 11.1 Å². The number of carbonyl (C=O) groups is 1. The first-order valence-electron chi connectivity index (χ1n) is 9.61. The third-order valence-corrected chi connectivity index (χ3v) is 5.78. The van der Waals surface area contributed by atoms with E-state index >= 15 is 0 Å². The first kappa shape index (κ1) is 19.9. The molecule has 4 rings (SSSR count). The fourth-order valence-corrected chi connectivity index (χ4v) is 4.08. The number of pyridine rings is 1. The summed E-state index contributed by atoms with van der Waals surface area (Å²) in [6, 6.07) is 18.7. The number of halogens is 2. The van der Waals surface area contributed by atoms with Crippen molar-refractivity contribution in [2.45, 2.75) is 6.42 Å². The molecule has 3 aromatic rings. The molecule has 0 unspecified atom stereocenters. The second-order valence-corrected chi connectivity index (χ2v) is 7.96. The Bertz CT molecular complexity index is 1000. The van der Waals surface area contributed by atoms with Gasteiger partial charge in [0.15, 0.2) is 5.82 Å². The molecule has 6 heteroatoms. The fourth-order valence-electron chi connectivity index (χ4n) is 3.61. The van der Waals surface area contributed by atoms with Gasteiger partial charge in [0.2, 0.25) is 0 Å². The van der Waals surface area contributed by atoms with Gasteiger partial charge in [-0.15, -0.1) is 0 Å². The van der Waals surface area contributed by atoms with Crippen molar-refractivity contribution in [2.24, 2.45) is 5.92 Å². The van der Waals surface area contributed by atoms with Crippen LogP contribution in [0.5, 0.6) is 0 Å². The number of hydrogen-bond donors (Lipinski definition) is 1. The molecule has 0 saturated carbocycles. The zero-order chi connectivity index (χ0) is 20.2. The van der Waals surface area contributed by atoms with Crippen molar-refractivity contribution in [1.82, 2.24) is 10.3 Å². The van der Waals surface area contributed by atoms with Crippen LogP contribution in [-0.4, -0.2) is 30.5 Å². The Morgan fingerprint density at radius 3 is 2.48 bits per heavy atom. The smallest absolute Gasteiger partial charge is 0.259 e. The van der Waals surface area contributed by atoms with Crippen LogP contribution in [0.1, 0.15) is 16.8 Å². The molecule has 1 aromatic heterocycles. The summed E-state index contributed by atoms with van der Waals surface area (Å²) in [5.41, 5.74) is 2.50. The number of nitrogens with zero attached hydrogens (tertiary/aromatic N) is 2. The maximum absolute atomic E-state index is 13.4. The molecule has 148 valence electrons. The summed E-state index contributed by atoms with van der Waals surface area (Å²) < 4.78 is 0. The molecule has 1 fully saturated rings. The molecule has 0 radical (unpaired) electrons. The van der Waals surface area contributed by atoms with Crippen molar-refractivity contribution < 1.29 is 4.79 Å². The minimum Gasteiger partial charge on any atom is -0.316 e. The summed E-state index contributed by atoms with van der Waals surface area (Å²) in [6.45, 7) is 2.43. The van der Waals surface area contributed by atoms with Crippen molar-refractivity contribution in [2.75, 3.05) is 24.5 Å². The van der Waals surface area contributed by atoms with Crippen LogP contribution in [0.4, 0.5) is 5.82 Å². The van der Waals surface area contributed by atoms with Gasteiger partial charge >= 0.3 is 0 Å². The summed E-state index contributed by atoms with van der Waals surface area (Å²) in [5.74, 6) is 0.767. The zero-order valence-electron chi connectivity index (χ0n) is 15.8. The summed E-state index contributed by atoms with van der Waals surface area (Å²) in [5, 5.41) is 4.50. The van der Waals surface area contributed by atoms with E-state index in [9.17, 15) is 4.79 Å². The number of rotatable bonds is 5. The molecule has 0 bridgehead atoms. The summed E-state index contributed by atoms with van der Waals surface area (Å²) in [6.07, 6.45) is 2.69. The largest absolute Gasteiger partial charge is 0.316 e. The molecule has 1 atom stereocenters. The minimum absolute atomic E-state index is 0.108. The van der Waals surface area contributed by atoms with Gasteiger partial charge in [-0.2, -0.15) is 0 Å². The highest BCUT2D eigenvalue weighted by atomic mass is 35.5. The van der Waals surface area contributed by atoms with Crippen molar-refractivity contribution in [3.63, 3.8) is 0 Å². The predicted octanol–water partition coefficient (Wildman–Crippen LogP) is 5.31.